The third-order valence-electron chi connectivity index (χ3n) is 22.5. The summed E-state index contributed by atoms with van der Waals surface area (Å²) < 4.78 is 64.5. The van der Waals surface area contributed by atoms with Crippen molar-refractivity contribution in [3.63, 3.8) is 0 Å². The molecule has 0 amide bonds. The molecular weight excluding hydrogens is 1910 g/mol. The van der Waals surface area contributed by atoms with Crippen LogP contribution in [0.4, 0.5) is 0 Å². The van der Waals surface area contributed by atoms with Gasteiger partial charge in [0, 0.05) is 105 Å². The van der Waals surface area contributed by atoms with E-state index in [0.29, 0.717) is 56.4 Å². The first kappa shape index (κ1) is 103. The van der Waals surface area contributed by atoms with Gasteiger partial charge in [-0.05, 0) is 132 Å². The van der Waals surface area contributed by atoms with Gasteiger partial charge in [-0.25, -0.2) is 0 Å². The number of benzene rings is 12. The van der Waals surface area contributed by atoms with Gasteiger partial charge in [-0.2, -0.15) is 0 Å². The highest BCUT2D eigenvalue weighted by Crippen LogP contribution is 2.47. The van der Waals surface area contributed by atoms with Crippen molar-refractivity contribution in [1.29, 1.82) is 0 Å². The minimum absolute atomic E-state index is 0.00415. The van der Waals surface area contributed by atoms with Crippen molar-refractivity contribution in [3.05, 3.63) is 282 Å². The highest BCUT2D eigenvalue weighted by atomic mass is 16.5. The van der Waals surface area contributed by atoms with Crippen molar-refractivity contribution in [2.24, 2.45) is 0 Å². The van der Waals surface area contributed by atoms with Crippen LogP contribution in [0, 0.1) is 0 Å². The highest BCUT2D eigenvalue weighted by molar-refractivity contribution is 5.94. The molecule has 145 heavy (non-hydrogen) atoms. The summed E-state index contributed by atoms with van der Waals surface area (Å²) in [6, 6.07) is 41.0. The molecule has 0 radical (unpaired) electrons. The Hall–Kier alpha value is -19.0. The van der Waals surface area contributed by atoms with E-state index >= 15 is 0 Å². The molecule has 0 spiro atoms. The van der Waals surface area contributed by atoms with Crippen molar-refractivity contribution < 1.29 is 177 Å². The van der Waals surface area contributed by atoms with Crippen LogP contribution in [0.15, 0.2) is 237 Å². The molecule has 0 aliphatic rings. The van der Waals surface area contributed by atoms with Crippen LogP contribution in [0.3, 0.4) is 0 Å². The fraction of sp³-hybridized carbons (Fsp3) is 0.126. The maximum Gasteiger partial charge on any atom is 0.201 e. The summed E-state index contributed by atoms with van der Waals surface area (Å²) in [7, 11) is 8.83. The maximum absolute atomic E-state index is 12.5. The number of aromatic hydroxyl groups is 17. The fourth-order valence-electron chi connectivity index (χ4n) is 15.0. The number of phenols is 17. The van der Waals surface area contributed by atoms with Gasteiger partial charge < -0.3 is 177 Å². The molecular formula is C103H86O42. The average Bonchev–Trinajstić information content (AvgIpc) is 0.824. The zero-order chi connectivity index (χ0) is 105. The first-order valence-corrected chi connectivity index (χ1v) is 42.2. The lowest BCUT2D eigenvalue weighted by atomic mass is 10.0. The summed E-state index contributed by atoms with van der Waals surface area (Å²) in [5, 5.41) is 230. The zero-order valence-electron chi connectivity index (χ0n) is 76.4. The Kier molecular flexibility index (Phi) is 31.1. The number of methoxy groups -OCH3 is 6. The lowest BCUT2D eigenvalue weighted by Crippen LogP contribution is -2.05. The van der Waals surface area contributed by atoms with Crippen molar-refractivity contribution in [3.8, 4) is 200 Å². The summed E-state index contributed by atoms with van der Waals surface area (Å²) in [6.07, 6.45) is 0. The van der Waals surface area contributed by atoms with Gasteiger partial charge in [0.25, 0.3) is 0 Å². The summed E-state index contributed by atoms with van der Waals surface area (Å²) in [5.74, 6) is -3.89. The van der Waals surface area contributed by atoms with E-state index in [9.17, 15) is 146 Å². The van der Waals surface area contributed by atoms with Gasteiger partial charge in [-0.1, -0.05) is 0 Å². The predicted octanol–water partition coefficient (Wildman–Crippen LogP) is 12.3. The normalized spacial score (nSPS) is 10.9. The number of rotatable bonds is 19. The van der Waals surface area contributed by atoms with E-state index in [4.69, 9.17) is 60.0 Å². The van der Waals surface area contributed by atoms with Crippen LogP contribution < -0.4 is 61.0 Å². The molecule has 0 saturated carbocycles. The molecule has 42 heteroatoms. The largest absolute Gasteiger partial charge is 0.507 e. The van der Waals surface area contributed by atoms with E-state index in [0.717, 1.165) is 30.3 Å². The van der Waals surface area contributed by atoms with E-state index in [-0.39, 0.29) is 197 Å². The second kappa shape index (κ2) is 43.6. The number of aliphatic hydroxyl groups excluding tert-OH is 7. The van der Waals surface area contributed by atoms with Gasteiger partial charge in [0.1, 0.15) is 146 Å². The SMILES string of the molecule is COc1cc(-c2cc(=O)c3c(O)c(CO)c(O)cc3o2)ccc1O.COc1ccc(-c2cc(=O)c3c(O)c(CO)c(CO)cc3o2)cc1O.COc1ccc(-c2cc(=O)c3c(O)c(CO)c(CO)cc3o2)cc1OC.COc1ccc(-c2cc(=O)c3c(O)c(CO)c(O)cc3o2)cc1OC.O=c1cc(-c2ccc(O)c(O)c2)oc2cc(O)c(CO)c(O)c12.O=c1cc(-c2ccc(O)c(O)c2)oc2cc(O)c(O)c(O)c12. The van der Waals surface area contributed by atoms with Crippen LogP contribution in [0.1, 0.15) is 38.9 Å². The molecule has 0 saturated heterocycles. The van der Waals surface area contributed by atoms with Crippen molar-refractivity contribution in [2.75, 3.05) is 42.7 Å². The third kappa shape index (κ3) is 20.9. The highest BCUT2D eigenvalue weighted by Gasteiger charge is 2.27. The Balaban J connectivity index is 0.000000146. The van der Waals surface area contributed by atoms with Gasteiger partial charge in [-0.15, -0.1) is 0 Å². The minimum atomic E-state index is -0.810. The van der Waals surface area contributed by atoms with Crippen molar-refractivity contribution in [2.45, 2.75) is 46.2 Å². The Morgan fingerprint density at radius 3 is 0.676 bits per heavy atom. The fourth-order valence-corrected chi connectivity index (χ4v) is 15.0. The standard InChI is InChI=1S/C19H18O7.2C18H16O7.C17H14O7.C16H12O7.C15H10O7/c1-24-14-4-3-10(5-16(14)25-2)15-7-13(22)18-17(26-15)6-11(8-20)12(9-21)19(18)23;1-23-13-4-3-9(5-15(13)24-2)14-7-12(21)17-16(25-14)6-11(20)10(8-19)18(17)22;1-24-14-3-2-9(4-12(14)21)15-6-13(22)17-16(25-15)5-10(7-19)11(8-20)18(17)23;1-23-14-4-8(2-3-10(14)19)13-6-12(21)16-15(24-13)5-11(20)9(7-18)17(16)22;17-6-8-10(19)4-14-15(16(8)22)12(21)5-13(23-14)7-1-2-9(18)11(20)3-7;16-7-2-1-6(3-8(7)17)11-4-9(18)13-12(22-11)5-10(19)14(20)15(13)21/h3-7,20-21,23H,8-9H2,1-2H3;3-7,19-20,22H,8H2,1-2H3;2-6,19-21,23H,7-8H2,1H3;2-6,18-20,22H,7H2,1H3;1-5,17-20,22H,6H2;1-5,16-17,19-21H. The third-order valence-corrected chi connectivity index (χ3v) is 22.5. The van der Waals surface area contributed by atoms with Crippen LogP contribution in [-0.2, 0) is 46.2 Å². The number of ether oxygens (including phenoxy) is 6. The van der Waals surface area contributed by atoms with E-state index in [1.807, 2.05) is 0 Å². The molecule has 0 unspecified atom stereocenters. The predicted molar refractivity (Wildman–Crippen MR) is 517 cm³/mol. The average molecular weight is 2000 g/mol. The van der Waals surface area contributed by atoms with Gasteiger partial charge in [0.05, 0.1) is 106 Å². The van der Waals surface area contributed by atoms with E-state index in [1.54, 1.807) is 42.5 Å². The van der Waals surface area contributed by atoms with Gasteiger partial charge in [0.2, 0.25) is 5.75 Å². The molecule has 12 aromatic carbocycles. The molecule has 18 rings (SSSR count). The molecule has 0 atom stereocenters. The molecule has 18 aromatic rings. The van der Waals surface area contributed by atoms with E-state index < -0.39 is 131 Å². The van der Waals surface area contributed by atoms with E-state index in [2.05, 4.69) is 0 Å². The molecule has 0 bridgehead atoms. The molecule has 750 valence electrons. The molecule has 6 aromatic heterocycles. The van der Waals surface area contributed by atoms with E-state index in [1.165, 1.54) is 152 Å². The second-order valence-electron chi connectivity index (χ2n) is 31.0. The van der Waals surface area contributed by atoms with Crippen LogP contribution in [0.5, 0.6) is 132 Å². The summed E-state index contributed by atoms with van der Waals surface area (Å²) >= 11 is 0. The first-order valence-electron chi connectivity index (χ1n) is 42.2. The lowest BCUT2D eigenvalue weighted by Gasteiger charge is -2.12. The minimum Gasteiger partial charge on any atom is -0.507 e. The zero-order valence-corrected chi connectivity index (χ0v) is 76.4. The smallest absolute Gasteiger partial charge is 0.201 e. The Morgan fingerprint density at radius 1 is 0.186 bits per heavy atom. The summed E-state index contributed by atoms with van der Waals surface area (Å²) in [6.45, 7) is -3.74. The number of fused-ring (bicyclic) bond motifs is 6. The summed E-state index contributed by atoms with van der Waals surface area (Å²) in [5.41, 5.74) is -0.342. The van der Waals surface area contributed by atoms with Gasteiger partial charge in [-0.3, -0.25) is 28.8 Å². The monoisotopic (exact) mass is 1990 g/mol. The molecule has 6 heterocycles. The topological polar surface area (TPSA) is 722 Å². The molecule has 0 aliphatic carbocycles. The number of phenolic OH excluding ortho intramolecular Hbond substituents is 9. The Morgan fingerprint density at radius 2 is 0.414 bits per heavy atom. The summed E-state index contributed by atoms with van der Waals surface area (Å²) in [4.78, 5) is 74.0. The number of hydrogen-bond acceptors (Lipinski definition) is 42. The van der Waals surface area contributed by atoms with Crippen LogP contribution in [0.2, 0.25) is 0 Å². The van der Waals surface area contributed by atoms with Crippen molar-refractivity contribution >= 4 is 65.8 Å². The van der Waals surface area contributed by atoms with Crippen LogP contribution >= 0.6 is 0 Å². The lowest BCUT2D eigenvalue weighted by molar-refractivity contribution is 0.255. The number of hydrogen-bond donors (Lipinski definition) is 24. The van der Waals surface area contributed by atoms with Gasteiger partial charge in [0.15, 0.2) is 113 Å². The maximum atomic E-state index is 12.5. The van der Waals surface area contributed by atoms with Crippen LogP contribution in [-0.4, -0.2) is 165 Å². The molecule has 42 nitrogen and oxygen atoms in total. The van der Waals surface area contributed by atoms with Crippen molar-refractivity contribution in [1.82, 2.24) is 0 Å². The van der Waals surface area contributed by atoms with Gasteiger partial charge >= 0.3 is 0 Å². The Bertz CT molecular complexity index is 8480. The molecule has 24 N–H and O–H groups in total. The number of aliphatic hydroxyl groups is 7. The second-order valence-corrected chi connectivity index (χ2v) is 31.0. The quantitative estimate of drug-likeness (QED) is 0.0334. The Labute approximate surface area is 810 Å². The van der Waals surface area contributed by atoms with Crippen LogP contribution in [0.25, 0.3) is 134 Å². The first-order chi connectivity index (χ1) is 69.3. The molecule has 0 aliphatic heterocycles. The molecule has 0 fully saturated rings.